The molecular formula is C11H15NO3. The molecule has 0 fully saturated rings. The van der Waals surface area contributed by atoms with Crippen LogP contribution >= 0.6 is 0 Å². The summed E-state index contributed by atoms with van der Waals surface area (Å²) < 4.78 is 4.53. The van der Waals surface area contributed by atoms with Crippen LogP contribution in [0.1, 0.15) is 19.3 Å². The van der Waals surface area contributed by atoms with E-state index in [-0.39, 0.29) is 12.4 Å². The Kier molecular flexibility index (Phi) is 3.66. The molecule has 1 amide bonds. The minimum Gasteiger partial charge on any atom is -0.469 e. The Labute approximate surface area is 88.8 Å². The fourth-order valence-electron chi connectivity index (χ4n) is 1.58. The maximum absolute atomic E-state index is 11.4. The second-order valence-corrected chi connectivity index (χ2v) is 3.59. The number of amides is 1. The molecular weight excluding hydrogens is 194 g/mol. The van der Waals surface area contributed by atoms with Gasteiger partial charge < -0.3 is 10.5 Å². The Morgan fingerprint density at radius 1 is 1.47 bits per heavy atom. The number of allylic oxidation sites excluding steroid dienone is 3. The van der Waals surface area contributed by atoms with Crippen molar-refractivity contribution in [2.45, 2.75) is 19.3 Å². The van der Waals surface area contributed by atoms with Gasteiger partial charge in [-0.15, -0.1) is 0 Å². The summed E-state index contributed by atoms with van der Waals surface area (Å²) in [6, 6.07) is 0. The number of nitrogens with two attached hydrogens (primary N) is 1. The van der Waals surface area contributed by atoms with Crippen LogP contribution in [0.25, 0.3) is 0 Å². The molecule has 1 aliphatic rings. The van der Waals surface area contributed by atoms with Crippen LogP contribution in [0, 0.1) is 5.41 Å². The van der Waals surface area contributed by atoms with Gasteiger partial charge in [0.25, 0.3) is 0 Å². The number of ether oxygens (including phenoxy) is 1. The molecule has 0 radical (unpaired) electrons. The number of hydrogen-bond acceptors (Lipinski definition) is 3. The zero-order valence-corrected chi connectivity index (χ0v) is 8.73. The van der Waals surface area contributed by atoms with E-state index in [1.54, 1.807) is 12.2 Å². The SMILES string of the molecule is COC(=O)CCC1(C(N)=O)C=CC=CC1. The predicted octanol–water partition coefficient (Wildman–Crippen LogP) is 0.927. The molecule has 4 heteroatoms. The number of hydrogen-bond donors (Lipinski definition) is 1. The number of primary amides is 1. The van der Waals surface area contributed by atoms with Gasteiger partial charge >= 0.3 is 5.97 Å². The van der Waals surface area contributed by atoms with Gasteiger partial charge in [0.2, 0.25) is 5.91 Å². The number of rotatable bonds is 4. The summed E-state index contributed by atoms with van der Waals surface area (Å²) in [6.45, 7) is 0. The highest BCUT2D eigenvalue weighted by atomic mass is 16.5. The summed E-state index contributed by atoms with van der Waals surface area (Å²) in [5.41, 5.74) is 4.63. The Hall–Kier alpha value is -1.58. The average molecular weight is 209 g/mol. The van der Waals surface area contributed by atoms with Crippen LogP contribution in [0.3, 0.4) is 0 Å². The lowest BCUT2D eigenvalue weighted by Crippen LogP contribution is -2.36. The quantitative estimate of drug-likeness (QED) is 0.700. The van der Waals surface area contributed by atoms with Gasteiger partial charge in [0.15, 0.2) is 0 Å². The molecule has 0 spiro atoms. The van der Waals surface area contributed by atoms with Crippen LogP contribution < -0.4 is 5.73 Å². The largest absolute Gasteiger partial charge is 0.469 e. The van der Waals surface area contributed by atoms with Crippen LogP contribution in [-0.2, 0) is 14.3 Å². The second kappa shape index (κ2) is 4.77. The number of methoxy groups -OCH3 is 1. The minimum absolute atomic E-state index is 0.206. The first-order chi connectivity index (χ1) is 7.10. The molecule has 0 bridgehead atoms. The van der Waals surface area contributed by atoms with Gasteiger partial charge in [0.05, 0.1) is 12.5 Å². The van der Waals surface area contributed by atoms with Crippen molar-refractivity contribution >= 4 is 11.9 Å². The van der Waals surface area contributed by atoms with E-state index in [0.717, 1.165) is 0 Å². The zero-order chi connectivity index (χ0) is 11.3. The van der Waals surface area contributed by atoms with Crippen LogP contribution in [0.4, 0.5) is 0 Å². The standard InChI is InChI=1S/C11H15NO3/c1-15-9(13)5-8-11(10(12)14)6-3-2-4-7-11/h2-4,6H,5,7-8H2,1H3,(H2,12,14). The van der Waals surface area contributed by atoms with E-state index in [0.29, 0.717) is 12.8 Å². The third-order valence-electron chi connectivity index (χ3n) is 2.64. The van der Waals surface area contributed by atoms with Crippen molar-refractivity contribution < 1.29 is 14.3 Å². The first-order valence-electron chi connectivity index (χ1n) is 4.82. The molecule has 4 nitrogen and oxygen atoms in total. The zero-order valence-electron chi connectivity index (χ0n) is 8.73. The normalized spacial score (nSPS) is 23.8. The Morgan fingerprint density at radius 2 is 2.20 bits per heavy atom. The number of esters is 1. The molecule has 0 saturated heterocycles. The lowest BCUT2D eigenvalue weighted by molar-refractivity contribution is -0.141. The molecule has 0 aromatic heterocycles. The maximum atomic E-state index is 11.4. The molecule has 15 heavy (non-hydrogen) atoms. The van der Waals surface area contributed by atoms with Gasteiger partial charge in [0.1, 0.15) is 0 Å². The van der Waals surface area contributed by atoms with E-state index < -0.39 is 11.3 Å². The molecule has 0 aromatic carbocycles. The highest BCUT2D eigenvalue weighted by Crippen LogP contribution is 2.32. The fraction of sp³-hybridized carbons (Fsp3) is 0.455. The smallest absolute Gasteiger partial charge is 0.305 e. The Balaban J connectivity index is 2.67. The molecule has 82 valence electrons. The van der Waals surface area contributed by atoms with Crippen molar-refractivity contribution in [3.8, 4) is 0 Å². The van der Waals surface area contributed by atoms with Gasteiger partial charge in [-0.05, 0) is 12.8 Å². The van der Waals surface area contributed by atoms with E-state index in [1.165, 1.54) is 7.11 Å². The Bertz CT molecular complexity index is 320. The molecule has 0 aromatic rings. The van der Waals surface area contributed by atoms with E-state index in [1.807, 2.05) is 12.2 Å². The maximum Gasteiger partial charge on any atom is 0.305 e. The molecule has 1 rings (SSSR count). The van der Waals surface area contributed by atoms with Gasteiger partial charge in [-0.25, -0.2) is 0 Å². The highest BCUT2D eigenvalue weighted by molar-refractivity contribution is 5.84. The predicted molar refractivity (Wildman–Crippen MR) is 55.8 cm³/mol. The summed E-state index contributed by atoms with van der Waals surface area (Å²) >= 11 is 0. The number of carbonyl (C=O) groups excluding carboxylic acids is 2. The van der Waals surface area contributed by atoms with Crippen LogP contribution in [0.2, 0.25) is 0 Å². The fourth-order valence-corrected chi connectivity index (χ4v) is 1.58. The van der Waals surface area contributed by atoms with Gasteiger partial charge in [-0.2, -0.15) is 0 Å². The molecule has 0 aliphatic heterocycles. The van der Waals surface area contributed by atoms with Gasteiger partial charge in [-0.1, -0.05) is 24.3 Å². The van der Waals surface area contributed by atoms with Crippen molar-refractivity contribution in [1.29, 1.82) is 0 Å². The van der Waals surface area contributed by atoms with Crippen molar-refractivity contribution in [2.75, 3.05) is 7.11 Å². The first-order valence-corrected chi connectivity index (χ1v) is 4.82. The van der Waals surface area contributed by atoms with E-state index in [2.05, 4.69) is 4.74 Å². The summed E-state index contributed by atoms with van der Waals surface area (Å²) in [4.78, 5) is 22.4. The van der Waals surface area contributed by atoms with Crippen molar-refractivity contribution in [3.63, 3.8) is 0 Å². The molecule has 0 saturated carbocycles. The average Bonchev–Trinajstić information content (AvgIpc) is 2.27. The Morgan fingerprint density at radius 3 is 2.67 bits per heavy atom. The van der Waals surface area contributed by atoms with Crippen LogP contribution in [0.15, 0.2) is 24.3 Å². The van der Waals surface area contributed by atoms with Gasteiger partial charge in [-0.3, -0.25) is 9.59 Å². The molecule has 1 atom stereocenters. The summed E-state index contributed by atoms with van der Waals surface area (Å²) in [5, 5.41) is 0. The molecule has 1 unspecified atom stereocenters. The molecule has 1 aliphatic carbocycles. The topological polar surface area (TPSA) is 69.4 Å². The van der Waals surface area contributed by atoms with Crippen LogP contribution in [-0.4, -0.2) is 19.0 Å². The first kappa shape index (κ1) is 11.5. The third kappa shape index (κ3) is 2.68. The summed E-state index contributed by atoms with van der Waals surface area (Å²) in [7, 11) is 1.33. The van der Waals surface area contributed by atoms with Crippen LogP contribution in [0.5, 0.6) is 0 Å². The molecule has 0 heterocycles. The minimum atomic E-state index is -0.719. The second-order valence-electron chi connectivity index (χ2n) is 3.59. The van der Waals surface area contributed by atoms with Gasteiger partial charge in [0, 0.05) is 6.42 Å². The van der Waals surface area contributed by atoms with E-state index in [9.17, 15) is 9.59 Å². The summed E-state index contributed by atoms with van der Waals surface area (Å²) in [5.74, 6) is -0.717. The van der Waals surface area contributed by atoms with Crippen molar-refractivity contribution in [1.82, 2.24) is 0 Å². The monoisotopic (exact) mass is 209 g/mol. The lowest BCUT2D eigenvalue weighted by Gasteiger charge is -2.27. The van der Waals surface area contributed by atoms with E-state index in [4.69, 9.17) is 5.73 Å². The van der Waals surface area contributed by atoms with Crippen molar-refractivity contribution in [2.24, 2.45) is 11.1 Å². The molecule has 2 N–H and O–H groups in total. The highest BCUT2D eigenvalue weighted by Gasteiger charge is 2.33. The lowest BCUT2D eigenvalue weighted by atomic mass is 9.77. The van der Waals surface area contributed by atoms with Crippen molar-refractivity contribution in [3.05, 3.63) is 24.3 Å². The number of carbonyl (C=O) groups is 2. The third-order valence-corrected chi connectivity index (χ3v) is 2.64. The summed E-state index contributed by atoms with van der Waals surface area (Å²) in [6.07, 6.45) is 8.44. The van der Waals surface area contributed by atoms with E-state index >= 15 is 0 Å².